The van der Waals surface area contributed by atoms with Gasteiger partial charge in [-0.15, -0.1) is 0 Å². The molecule has 0 radical (unpaired) electrons. The number of hydrogen-bond acceptors (Lipinski definition) is 3. The lowest BCUT2D eigenvalue weighted by molar-refractivity contribution is -0.116. The van der Waals surface area contributed by atoms with Crippen LogP contribution in [0, 0.1) is 6.92 Å². The van der Waals surface area contributed by atoms with E-state index in [0.29, 0.717) is 12.3 Å². The Kier molecular flexibility index (Phi) is 4.50. The number of para-hydroxylation sites is 1. The summed E-state index contributed by atoms with van der Waals surface area (Å²) in [6, 6.07) is 16.5. The van der Waals surface area contributed by atoms with E-state index in [4.69, 9.17) is 4.52 Å². The third-order valence-electron chi connectivity index (χ3n) is 4.65. The van der Waals surface area contributed by atoms with Crippen LogP contribution in [0.15, 0.2) is 59.1 Å². The van der Waals surface area contributed by atoms with Crippen molar-refractivity contribution in [2.45, 2.75) is 26.9 Å². The number of nitrogens with one attached hydrogen (secondary N) is 1. The van der Waals surface area contributed by atoms with E-state index >= 15 is 0 Å². The number of aryl methyl sites for hydroxylation is 2. The third kappa shape index (κ3) is 3.36. The van der Waals surface area contributed by atoms with E-state index in [1.54, 1.807) is 12.1 Å². The molecule has 0 bridgehead atoms. The maximum atomic E-state index is 12.1. The summed E-state index contributed by atoms with van der Waals surface area (Å²) in [5.41, 5.74) is 4.23. The van der Waals surface area contributed by atoms with E-state index in [0.717, 1.165) is 17.8 Å². The van der Waals surface area contributed by atoms with E-state index in [1.807, 2.05) is 19.1 Å². The smallest absolute Gasteiger partial charge is 0.244 e. The van der Waals surface area contributed by atoms with Gasteiger partial charge in [0.1, 0.15) is 0 Å². The highest BCUT2D eigenvalue weighted by molar-refractivity contribution is 6.08. The second-order valence-corrected chi connectivity index (χ2v) is 6.52. The van der Waals surface area contributed by atoms with E-state index < -0.39 is 0 Å². The molecule has 1 amide bonds. The van der Waals surface area contributed by atoms with Crippen molar-refractivity contribution < 1.29 is 9.32 Å². The molecule has 4 rings (SSSR count). The number of carbonyl (C=O) groups is 1. The highest BCUT2D eigenvalue weighted by Gasteiger charge is 2.09. The molecule has 0 aliphatic heterocycles. The second kappa shape index (κ2) is 7.11. The summed E-state index contributed by atoms with van der Waals surface area (Å²) in [7, 11) is 0. The first-order valence-corrected chi connectivity index (χ1v) is 9.05. The number of benzene rings is 2. The summed E-state index contributed by atoms with van der Waals surface area (Å²) < 4.78 is 7.40. The zero-order valence-corrected chi connectivity index (χ0v) is 15.4. The minimum Gasteiger partial charge on any atom is -0.359 e. The number of amides is 1. The Labute approximate surface area is 157 Å². The van der Waals surface area contributed by atoms with Crippen LogP contribution in [-0.4, -0.2) is 15.6 Å². The van der Waals surface area contributed by atoms with Crippen LogP contribution in [0.3, 0.4) is 0 Å². The lowest BCUT2D eigenvalue weighted by atomic mass is 10.1. The highest BCUT2D eigenvalue weighted by Crippen LogP contribution is 2.29. The van der Waals surface area contributed by atoms with Gasteiger partial charge < -0.3 is 14.4 Å². The Morgan fingerprint density at radius 3 is 2.74 bits per heavy atom. The predicted molar refractivity (Wildman–Crippen MR) is 107 cm³/mol. The first-order chi connectivity index (χ1) is 13.2. The summed E-state index contributed by atoms with van der Waals surface area (Å²) in [4.78, 5) is 12.1. The molecule has 0 aliphatic carbocycles. The van der Waals surface area contributed by atoms with Crippen molar-refractivity contribution in [2.75, 3.05) is 0 Å². The van der Waals surface area contributed by atoms with E-state index in [-0.39, 0.29) is 5.91 Å². The minimum absolute atomic E-state index is 0.167. The Morgan fingerprint density at radius 1 is 1.15 bits per heavy atom. The molecule has 0 fully saturated rings. The summed E-state index contributed by atoms with van der Waals surface area (Å²) in [6.07, 6.45) is 3.38. The van der Waals surface area contributed by atoms with Crippen molar-refractivity contribution >= 4 is 33.8 Å². The van der Waals surface area contributed by atoms with Crippen LogP contribution in [0.1, 0.15) is 23.9 Å². The Morgan fingerprint density at radius 2 is 1.96 bits per heavy atom. The molecule has 0 aliphatic rings. The average Bonchev–Trinajstić information content (AvgIpc) is 3.25. The van der Waals surface area contributed by atoms with Crippen LogP contribution in [0.2, 0.25) is 0 Å². The summed E-state index contributed by atoms with van der Waals surface area (Å²) in [5, 5.41) is 9.04. The van der Waals surface area contributed by atoms with Gasteiger partial charge in [-0.3, -0.25) is 4.79 Å². The molecule has 0 saturated heterocycles. The highest BCUT2D eigenvalue weighted by atomic mass is 16.5. The monoisotopic (exact) mass is 359 g/mol. The van der Waals surface area contributed by atoms with Crippen molar-refractivity contribution in [3.8, 4) is 0 Å². The Hall–Kier alpha value is -3.34. The number of aromatic nitrogens is 2. The molecular formula is C22H21N3O2. The summed E-state index contributed by atoms with van der Waals surface area (Å²) in [6.45, 7) is 5.25. The molecule has 5 nitrogen and oxygen atoms in total. The number of carbonyl (C=O) groups excluding carboxylic acids is 1. The normalized spacial score (nSPS) is 11.6. The fraction of sp³-hybridized carbons (Fsp3) is 0.182. The molecule has 5 heteroatoms. The second-order valence-electron chi connectivity index (χ2n) is 6.52. The molecule has 0 unspecified atom stereocenters. The van der Waals surface area contributed by atoms with Crippen LogP contribution in [0.4, 0.5) is 0 Å². The van der Waals surface area contributed by atoms with Gasteiger partial charge in [-0.1, -0.05) is 29.4 Å². The quantitative estimate of drug-likeness (QED) is 0.536. The van der Waals surface area contributed by atoms with Crippen LogP contribution in [0.5, 0.6) is 0 Å². The maximum absolute atomic E-state index is 12.1. The molecule has 4 aromatic rings. The molecule has 2 aromatic heterocycles. The Balaban J connectivity index is 1.56. The molecule has 1 N–H and O–H groups in total. The van der Waals surface area contributed by atoms with E-state index in [1.165, 1.54) is 21.8 Å². The average molecular weight is 359 g/mol. The topological polar surface area (TPSA) is 60.1 Å². The Bertz CT molecular complexity index is 1150. The van der Waals surface area contributed by atoms with E-state index in [9.17, 15) is 4.79 Å². The predicted octanol–water partition coefficient (Wildman–Crippen LogP) is 4.44. The van der Waals surface area contributed by atoms with Crippen molar-refractivity contribution in [3.63, 3.8) is 0 Å². The number of nitrogens with zero attached hydrogens (tertiary/aromatic N) is 2. The van der Waals surface area contributed by atoms with Crippen molar-refractivity contribution in [1.82, 2.24) is 15.0 Å². The minimum atomic E-state index is -0.167. The molecule has 136 valence electrons. The van der Waals surface area contributed by atoms with Gasteiger partial charge >= 0.3 is 0 Å². The van der Waals surface area contributed by atoms with Gasteiger partial charge in [-0.25, -0.2) is 0 Å². The number of fused-ring (bicyclic) bond motifs is 3. The fourth-order valence-electron chi connectivity index (χ4n) is 3.42. The molecule has 2 aromatic carbocycles. The number of rotatable bonds is 5. The molecular weight excluding hydrogens is 338 g/mol. The SMILES string of the molecule is CCn1c2ccccc2c2cc(/C=C\C(=O)NCc3cc(C)no3)ccc21. The first-order valence-electron chi connectivity index (χ1n) is 9.05. The van der Waals surface area contributed by atoms with E-state index in [2.05, 4.69) is 58.4 Å². The van der Waals surface area contributed by atoms with Crippen molar-refractivity contribution in [2.24, 2.45) is 0 Å². The molecule has 0 saturated carbocycles. The molecule has 0 spiro atoms. The van der Waals surface area contributed by atoms with Gasteiger partial charge in [0.15, 0.2) is 5.76 Å². The largest absolute Gasteiger partial charge is 0.359 e. The van der Waals surface area contributed by atoms with Crippen molar-refractivity contribution in [1.29, 1.82) is 0 Å². The van der Waals surface area contributed by atoms with Gasteiger partial charge in [0, 0.05) is 40.5 Å². The zero-order valence-electron chi connectivity index (χ0n) is 15.4. The molecule has 2 heterocycles. The summed E-state index contributed by atoms with van der Waals surface area (Å²) in [5.74, 6) is 0.475. The van der Waals surface area contributed by atoms with Crippen LogP contribution >= 0.6 is 0 Å². The van der Waals surface area contributed by atoms with Crippen LogP contribution < -0.4 is 5.32 Å². The lowest BCUT2D eigenvalue weighted by Crippen LogP contribution is -2.19. The third-order valence-corrected chi connectivity index (χ3v) is 4.65. The van der Waals surface area contributed by atoms with Crippen molar-refractivity contribution in [3.05, 3.63) is 71.6 Å². The standard InChI is InChI=1S/C22H21N3O2/c1-3-25-20-7-5-4-6-18(20)19-13-16(8-10-21(19)25)9-11-22(26)23-14-17-12-15(2)24-27-17/h4-13H,3,14H2,1-2H3,(H,23,26)/b11-9-. The van der Waals surface area contributed by atoms with Gasteiger partial charge in [-0.05, 0) is 43.7 Å². The zero-order chi connectivity index (χ0) is 18.8. The molecule has 27 heavy (non-hydrogen) atoms. The first kappa shape index (κ1) is 17.1. The number of hydrogen-bond donors (Lipinski definition) is 1. The summed E-state index contributed by atoms with van der Waals surface area (Å²) >= 11 is 0. The van der Waals surface area contributed by atoms with Gasteiger partial charge in [0.25, 0.3) is 0 Å². The van der Waals surface area contributed by atoms with Gasteiger partial charge in [0.05, 0.1) is 12.2 Å². The fourth-order valence-corrected chi connectivity index (χ4v) is 3.42. The van der Waals surface area contributed by atoms with Gasteiger partial charge in [0.2, 0.25) is 5.91 Å². The van der Waals surface area contributed by atoms with Crippen LogP contribution in [0.25, 0.3) is 27.9 Å². The molecule has 0 atom stereocenters. The van der Waals surface area contributed by atoms with Crippen LogP contribution in [-0.2, 0) is 17.9 Å². The lowest BCUT2D eigenvalue weighted by Gasteiger charge is -2.02. The van der Waals surface area contributed by atoms with Gasteiger partial charge in [-0.2, -0.15) is 0 Å². The maximum Gasteiger partial charge on any atom is 0.244 e.